The Hall–Kier alpha value is -2.93. The van der Waals surface area contributed by atoms with Gasteiger partial charge >= 0.3 is 5.97 Å². The molecular formula is C18H13BrN2O4. The third-order valence-electron chi connectivity index (χ3n) is 3.24. The number of pyridine rings is 1. The van der Waals surface area contributed by atoms with E-state index >= 15 is 0 Å². The van der Waals surface area contributed by atoms with Gasteiger partial charge in [0.05, 0.1) is 11.2 Å². The quantitative estimate of drug-likeness (QED) is 0.520. The average molecular weight is 401 g/mol. The second-order valence-corrected chi connectivity index (χ2v) is 5.79. The number of aromatic nitrogens is 1. The fraction of sp³-hybridized carbons (Fsp3) is 0.0556. The zero-order valence-corrected chi connectivity index (χ0v) is 14.5. The number of ether oxygens (including phenoxy) is 1. The zero-order chi connectivity index (χ0) is 17.6. The van der Waals surface area contributed by atoms with Crippen molar-refractivity contribution in [2.24, 2.45) is 0 Å². The third-order valence-corrected chi connectivity index (χ3v) is 3.67. The van der Waals surface area contributed by atoms with Gasteiger partial charge in [-0.1, -0.05) is 6.07 Å². The molecule has 3 rings (SSSR count). The van der Waals surface area contributed by atoms with Crippen LogP contribution < -0.4 is 5.32 Å². The summed E-state index contributed by atoms with van der Waals surface area (Å²) in [7, 11) is 0. The highest BCUT2D eigenvalue weighted by Gasteiger charge is 2.08. The van der Waals surface area contributed by atoms with Gasteiger partial charge in [-0.05, 0) is 58.4 Å². The van der Waals surface area contributed by atoms with Crippen molar-refractivity contribution in [3.05, 3.63) is 65.2 Å². The molecule has 2 heterocycles. The molecule has 0 saturated heterocycles. The number of hydrogen-bond acceptors (Lipinski definition) is 5. The van der Waals surface area contributed by atoms with Crippen molar-refractivity contribution < 1.29 is 18.7 Å². The summed E-state index contributed by atoms with van der Waals surface area (Å²) in [4.78, 5) is 27.8. The molecule has 7 heteroatoms. The van der Waals surface area contributed by atoms with Crippen LogP contribution in [0, 0.1) is 0 Å². The minimum atomic E-state index is -0.637. The number of amides is 1. The van der Waals surface area contributed by atoms with E-state index in [2.05, 4.69) is 26.2 Å². The lowest BCUT2D eigenvalue weighted by Gasteiger charge is -2.08. The molecule has 3 aromatic rings. The first-order valence-corrected chi connectivity index (χ1v) is 8.15. The largest absolute Gasteiger partial charge is 0.452 e. The number of anilines is 1. The van der Waals surface area contributed by atoms with Crippen LogP contribution in [0.5, 0.6) is 0 Å². The van der Waals surface area contributed by atoms with Gasteiger partial charge in [0.1, 0.15) is 5.76 Å². The first-order valence-electron chi connectivity index (χ1n) is 7.35. The molecule has 0 saturated carbocycles. The maximum atomic E-state index is 12.0. The summed E-state index contributed by atoms with van der Waals surface area (Å²) in [5.74, 6) is -0.572. The molecule has 6 nitrogen and oxygen atoms in total. The lowest BCUT2D eigenvalue weighted by atomic mass is 10.2. The number of nitrogens with one attached hydrogen (secondary N) is 1. The molecule has 25 heavy (non-hydrogen) atoms. The summed E-state index contributed by atoms with van der Waals surface area (Å²) in [6, 6.07) is 12.4. The molecule has 1 aromatic carbocycles. The van der Waals surface area contributed by atoms with Gasteiger partial charge in [0.25, 0.3) is 5.91 Å². The third kappa shape index (κ3) is 4.54. The zero-order valence-electron chi connectivity index (χ0n) is 12.9. The first kappa shape index (κ1) is 16.9. The van der Waals surface area contributed by atoms with Crippen molar-refractivity contribution in [1.29, 1.82) is 0 Å². The van der Waals surface area contributed by atoms with Crippen LogP contribution in [-0.2, 0) is 14.3 Å². The number of furan rings is 1. The lowest BCUT2D eigenvalue weighted by Crippen LogP contribution is -2.20. The fourth-order valence-electron chi connectivity index (χ4n) is 2.15. The van der Waals surface area contributed by atoms with Crippen LogP contribution in [-0.4, -0.2) is 23.5 Å². The molecule has 126 valence electrons. The van der Waals surface area contributed by atoms with Crippen molar-refractivity contribution in [1.82, 2.24) is 4.98 Å². The number of carbonyl (C=O) groups is 2. The second-order valence-electron chi connectivity index (χ2n) is 5.01. The average Bonchev–Trinajstić information content (AvgIpc) is 3.04. The number of esters is 1. The Morgan fingerprint density at radius 2 is 2.08 bits per heavy atom. The van der Waals surface area contributed by atoms with Crippen LogP contribution in [0.4, 0.5) is 5.69 Å². The Balaban J connectivity index is 1.55. The van der Waals surface area contributed by atoms with E-state index in [1.165, 1.54) is 12.2 Å². The van der Waals surface area contributed by atoms with E-state index in [1.807, 2.05) is 12.1 Å². The molecule has 0 aliphatic carbocycles. The summed E-state index contributed by atoms with van der Waals surface area (Å²) in [6.45, 7) is -0.387. The van der Waals surface area contributed by atoms with Gasteiger partial charge in [0, 0.05) is 17.7 Å². The molecule has 0 bridgehead atoms. The van der Waals surface area contributed by atoms with Crippen molar-refractivity contribution in [3.8, 4) is 0 Å². The van der Waals surface area contributed by atoms with E-state index in [0.717, 1.165) is 10.9 Å². The highest BCUT2D eigenvalue weighted by molar-refractivity contribution is 9.10. The topological polar surface area (TPSA) is 81.4 Å². The number of hydrogen-bond donors (Lipinski definition) is 1. The normalized spacial score (nSPS) is 10.9. The van der Waals surface area contributed by atoms with E-state index in [1.54, 1.807) is 36.5 Å². The minimum absolute atomic E-state index is 0.387. The van der Waals surface area contributed by atoms with Crippen LogP contribution in [0.1, 0.15) is 5.76 Å². The molecule has 0 atom stereocenters. The minimum Gasteiger partial charge on any atom is -0.452 e. The second kappa shape index (κ2) is 7.76. The molecule has 0 unspecified atom stereocenters. The highest BCUT2D eigenvalue weighted by atomic mass is 79.9. The maximum absolute atomic E-state index is 12.0. The lowest BCUT2D eigenvalue weighted by molar-refractivity contribution is -0.142. The van der Waals surface area contributed by atoms with E-state index in [-0.39, 0.29) is 6.61 Å². The summed E-state index contributed by atoms with van der Waals surface area (Å²) >= 11 is 3.16. The van der Waals surface area contributed by atoms with E-state index in [9.17, 15) is 9.59 Å². The van der Waals surface area contributed by atoms with E-state index in [0.29, 0.717) is 16.1 Å². The number of rotatable bonds is 5. The first-order chi connectivity index (χ1) is 12.1. The predicted octanol–water partition coefficient (Wildman–Crippen LogP) is 3.79. The number of halogens is 1. The van der Waals surface area contributed by atoms with Crippen LogP contribution in [0.25, 0.3) is 17.0 Å². The van der Waals surface area contributed by atoms with Gasteiger partial charge in [-0.25, -0.2) is 4.79 Å². The standard InChI is InChI=1S/C18H13BrN2O4/c19-16-8-6-12(25-16)7-9-18(23)24-11-17(22)21-15-5-1-4-14-13(15)3-2-10-20-14/h1-10H,11H2,(H,21,22)/b9-7+. The molecular weight excluding hydrogens is 388 g/mol. The fourth-order valence-corrected chi connectivity index (χ4v) is 2.47. The Labute approximate surface area is 151 Å². The van der Waals surface area contributed by atoms with Gasteiger partial charge in [0.15, 0.2) is 11.3 Å². The molecule has 2 aromatic heterocycles. The van der Waals surface area contributed by atoms with Crippen molar-refractivity contribution in [2.45, 2.75) is 0 Å². The number of benzene rings is 1. The molecule has 0 spiro atoms. The number of carbonyl (C=O) groups excluding carboxylic acids is 2. The highest BCUT2D eigenvalue weighted by Crippen LogP contribution is 2.21. The van der Waals surface area contributed by atoms with Crippen molar-refractivity contribution in [3.63, 3.8) is 0 Å². The summed E-state index contributed by atoms with van der Waals surface area (Å²) in [5, 5.41) is 3.53. The SMILES string of the molecule is O=C(COC(=O)/C=C/c1ccc(Br)o1)Nc1cccc2ncccc12. The molecule has 0 fully saturated rings. The summed E-state index contributed by atoms with van der Waals surface area (Å²) in [5.41, 5.74) is 1.38. The molecule has 0 aliphatic rings. The predicted molar refractivity (Wildman–Crippen MR) is 96.8 cm³/mol. The Morgan fingerprint density at radius 1 is 1.20 bits per heavy atom. The Morgan fingerprint density at radius 3 is 2.88 bits per heavy atom. The van der Waals surface area contributed by atoms with Crippen molar-refractivity contribution in [2.75, 3.05) is 11.9 Å². The van der Waals surface area contributed by atoms with Crippen LogP contribution in [0.3, 0.4) is 0 Å². The van der Waals surface area contributed by atoms with Crippen LogP contribution >= 0.6 is 15.9 Å². The van der Waals surface area contributed by atoms with E-state index < -0.39 is 11.9 Å². The van der Waals surface area contributed by atoms with Crippen molar-refractivity contribution >= 4 is 50.5 Å². The monoisotopic (exact) mass is 400 g/mol. The maximum Gasteiger partial charge on any atom is 0.331 e. The van der Waals surface area contributed by atoms with Crippen LogP contribution in [0.15, 0.2) is 63.8 Å². The number of nitrogens with zero attached hydrogens (tertiary/aromatic N) is 1. The van der Waals surface area contributed by atoms with Gasteiger partial charge < -0.3 is 14.5 Å². The number of fused-ring (bicyclic) bond motifs is 1. The molecule has 1 amide bonds. The van der Waals surface area contributed by atoms with Gasteiger partial charge in [-0.15, -0.1) is 0 Å². The van der Waals surface area contributed by atoms with Gasteiger partial charge in [-0.3, -0.25) is 9.78 Å². The summed E-state index contributed by atoms with van der Waals surface area (Å²) < 4.78 is 10.7. The van der Waals surface area contributed by atoms with Gasteiger partial charge in [0.2, 0.25) is 0 Å². The van der Waals surface area contributed by atoms with Gasteiger partial charge in [-0.2, -0.15) is 0 Å². The Kier molecular flexibility index (Phi) is 5.25. The smallest absolute Gasteiger partial charge is 0.331 e. The molecule has 0 radical (unpaired) electrons. The summed E-state index contributed by atoms with van der Waals surface area (Å²) in [6.07, 6.45) is 4.33. The molecule has 0 aliphatic heterocycles. The molecule has 1 N–H and O–H groups in total. The Bertz CT molecular complexity index is 944. The van der Waals surface area contributed by atoms with Crippen LogP contribution in [0.2, 0.25) is 0 Å². The van der Waals surface area contributed by atoms with E-state index in [4.69, 9.17) is 9.15 Å².